The largest absolute Gasteiger partial charge is 0.352 e. The maximum atomic E-state index is 13.8. The molecule has 2 aromatic carbocycles. The van der Waals surface area contributed by atoms with Crippen molar-refractivity contribution in [3.63, 3.8) is 0 Å². The molecule has 37 heavy (non-hydrogen) atoms. The van der Waals surface area contributed by atoms with Crippen LogP contribution in [0.15, 0.2) is 48.5 Å². The fourth-order valence-electron chi connectivity index (χ4n) is 4.50. The van der Waals surface area contributed by atoms with Crippen LogP contribution in [0.5, 0.6) is 0 Å². The Morgan fingerprint density at radius 2 is 1.92 bits per heavy atom. The van der Waals surface area contributed by atoms with Gasteiger partial charge in [-0.05, 0) is 50.1 Å². The summed E-state index contributed by atoms with van der Waals surface area (Å²) < 4.78 is 15.5. The molecule has 2 atom stereocenters. The number of hydrogen-bond acceptors (Lipinski definition) is 4. The van der Waals surface area contributed by atoms with Gasteiger partial charge in [0.05, 0.1) is 22.4 Å². The Labute approximate surface area is 222 Å². The average Bonchev–Trinajstić information content (AvgIpc) is 3.17. The van der Waals surface area contributed by atoms with Crippen molar-refractivity contribution in [2.24, 2.45) is 0 Å². The van der Waals surface area contributed by atoms with E-state index in [1.165, 1.54) is 12.1 Å². The monoisotopic (exact) mass is 522 g/mol. The fourth-order valence-corrected chi connectivity index (χ4v) is 5.69. The SMILES string of the molecule is CC[C@@H](C)NC(=O)CN1C(=O)CS[C@H](c2cccc(C)c2)c2c(C(C)(C)C)nn(-c3ccc(F)cc3)c21. The summed E-state index contributed by atoms with van der Waals surface area (Å²) in [5.41, 5.74) is 4.23. The molecule has 0 spiro atoms. The topological polar surface area (TPSA) is 67.2 Å². The van der Waals surface area contributed by atoms with E-state index in [2.05, 4.69) is 51.2 Å². The van der Waals surface area contributed by atoms with Gasteiger partial charge in [-0.15, -0.1) is 11.8 Å². The third kappa shape index (κ3) is 5.74. The van der Waals surface area contributed by atoms with E-state index in [1.807, 2.05) is 19.9 Å². The van der Waals surface area contributed by atoms with Crippen LogP contribution in [0.3, 0.4) is 0 Å². The lowest BCUT2D eigenvalue weighted by atomic mass is 9.87. The normalized spacial score (nSPS) is 16.8. The number of carbonyl (C=O) groups excluding carboxylic acids is 2. The lowest BCUT2D eigenvalue weighted by Gasteiger charge is -2.25. The standard InChI is InChI=1S/C29H35FN4O2S/c1-7-19(3)31-23(35)16-33-24(36)17-37-26(20-10-8-9-18(2)15-20)25-27(29(4,5)6)32-34(28(25)33)22-13-11-21(30)12-14-22/h8-15,19,26H,7,16-17H2,1-6H3,(H,31,35)/t19-,26-/m1/s1. The molecule has 3 aromatic rings. The van der Waals surface area contributed by atoms with E-state index in [-0.39, 0.29) is 46.6 Å². The number of aryl methyl sites for hydroxylation is 1. The van der Waals surface area contributed by atoms with Gasteiger partial charge in [0.15, 0.2) is 0 Å². The number of amides is 2. The van der Waals surface area contributed by atoms with Crippen molar-refractivity contribution in [3.8, 4) is 5.69 Å². The summed E-state index contributed by atoms with van der Waals surface area (Å²) in [4.78, 5) is 28.2. The second-order valence-electron chi connectivity index (χ2n) is 10.7. The van der Waals surface area contributed by atoms with E-state index in [0.29, 0.717) is 11.5 Å². The number of rotatable bonds is 6. The van der Waals surface area contributed by atoms with Gasteiger partial charge in [0.1, 0.15) is 18.2 Å². The molecule has 1 N–H and O–H groups in total. The number of aromatic nitrogens is 2. The van der Waals surface area contributed by atoms with Gasteiger partial charge >= 0.3 is 0 Å². The Hall–Kier alpha value is -3.13. The summed E-state index contributed by atoms with van der Waals surface area (Å²) in [6.45, 7) is 12.2. The highest BCUT2D eigenvalue weighted by molar-refractivity contribution is 8.00. The zero-order valence-electron chi connectivity index (χ0n) is 22.3. The van der Waals surface area contributed by atoms with E-state index in [1.54, 1.807) is 33.5 Å². The highest BCUT2D eigenvalue weighted by Gasteiger charge is 2.40. The smallest absolute Gasteiger partial charge is 0.240 e. The van der Waals surface area contributed by atoms with Gasteiger partial charge in [0.25, 0.3) is 0 Å². The van der Waals surface area contributed by atoms with Crippen LogP contribution in [-0.2, 0) is 15.0 Å². The molecule has 2 heterocycles. The van der Waals surface area contributed by atoms with Crippen molar-refractivity contribution in [3.05, 3.63) is 76.7 Å². The van der Waals surface area contributed by atoms with Crippen LogP contribution in [0.25, 0.3) is 5.69 Å². The Morgan fingerprint density at radius 1 is 1.22 bits per heavy atom. The van der Waals surface area contributed by atoms with Gasteiger partial charge in [-0.3, -0.25) is 14.5 Å². The lowest BCUT2D eigenvalue weighted by Crippen LogP contribution is -2.44. The summed E-state index contributed by atoms with van der Waals surface area (Å²) in [5, 5.41) is 7.85. The second kappa shape index (κ2) is 10.7. The third-order valence-corrected chi connectivity index (χ3v) is 7.79. The zero-order valence-corrected chi connectivity index (χ0v) is 23.2. The molecule has 0 radical (unpaired) electrons. The number of carbonyl (C=O) groups is 2. The molecule has 0 bridgehead atoms. The first-order chi connectivity index (χ1) is 17.5. The maximum absolute atomic E-state index is 13.8. The van der Waals surface area contributed by atoms with Crippen LogP contribution in [0, 0.1) is 12.7 Å². The number of nitrogens with one attached hydrogen (secondary N) is 1. The van der Waals surface area contributed by atoms with E-state index in [4.69, 9.17) is 5.10 Å². The molecule has 1 aliphatic rings. The molecule has 0 fully saturated rings. The summed E-state index contributed by atoms with van der Waals surface area (Å²) >= 11 is 1.55. The summed E-state index contributed by atoms with van der Waals surface area (Å²) in [6.07, 6.45) is 0.790. The fraction of sp³-hybridized carbons (Fsp3) is 0.414. The second-order valence-corrected chi connectivity index (χ2v) is 11.8. The van der Waals surface area contributed by atoms with Gasteiger partial charge in [-0.2, -0.15) is 5.10 Å². The van der Waals surface area contributed by atoms with Crippen molar-refractivity contribution in [1.82, 2.24) is 15.1 Å². The first-order valence-corrected chi connectivity index (χ1v) is 13.7. The minimum absolute atomic E-state index is 0.00406. The Balaban J connectivity index is 1.98. The number of anilines is 1. The molecule has 196 valence electrons. The maximum Gasteiger partial charge on any atom is 0.240 e. The number of halogens is 1. The van der Waals surface area contributed by atoms with Crippen LogP contribution < -0.4 is 10.2 Å². The lowest BCUT2D eigenvalue weighted by molar-refractivity contribution is -0.123. The van der Waals surface area contributed by atoms with Crippen molar-refractivity contribution < 1.29 is 14.0 Å². The van der Waals surface area contributed by atoms with Gasteiger partial charge in [-0.1, -0.05) is 57.5 Å². The number of hydrogen-bond donors (Lipinski definition) is 1. The highest BCUT2D eigenvalue weighted by atomic mass is 32.2. The molecule has 2 amide bonds. The van der Waals surface area contributed by atoms with Crippen molar-refractivity contribution in [1.29, 1.82) is 0 Å². The highest BCUT2D eigenvalue weighted by Crippen LogP contribution is 2.48. The Kier molecular flexibility index (Phi) is 7.78. The Bertz CT molecular complexity index is 1300. The van der Waals surface area contributed by atoms with E-state index >= 15 is 0 Å². The van der Waals surface area contributed by atoms with Crippen molar-refractivity contribution in [2.75, 3.05) is 17.2 Å². The molecule has 1 aromatic heterocycles. The van der Waals surface area contributed by atoms with Gasteiger partial charge in [0.2, 0.25) is 11.8 Å². The van der Waals surface area contributed by atoms with Crippen LogP contribution in [0.1, 0.15) is 68.7 Å². The van der Waals surface area contributed by atoms with Crippen LogP contribution in [0.2, 0.25) is 0 Å². The predicted octanol–water partition coefficient (Wildman–Crippen LogP) is 5.70. The summed E-state index contributed by atoms with van der Waals surface area (Å²) in [6, 6.07) is 14.3. The molecule has 0 unspecified atom stereocenters. The summed E-state index contributed by atoms with van der Waals surface area (Å²) in [7, 11) is 0. The average molecular weight is 523 g/mol. The zero-order chi connectivity index (χ0) is 26.9. The van der Waals surface area contributed by atoms with E-state index < -0.39 is 0 Å². The van der Waals surface area contributed by atoms with Crippen molar-refractivity contribution >= 4 is 29.4 Å². The Morgan fingerprint density at radius 3 is 2.54 bits per heavy atom. The predicted molar refractivity (Wildman–Crippen MR) is 148 cm³/mol. The minimum atomic E-state index is -0.355. The minimum Gasteiger partial charge on any atom is -0.352 e. The molecule has 8 heteroatoms. The molecular weight excluding hydrogens is 487 g/mol. The molecule has 0 saturated heterocycles. The molecule has 0 aliphatic carbocycles. The number of nitrogens with zero attached hydrogens (tertiary/aromatic N) is 3. The van der Waals surface area contributed by atoms with Gasteiger partial charge in [-0.25, -0.2) is 9.07 Å². The molecule has 6 nitrogen and oxygen atoms in total. The van der Waals surface area contributed by atoms with Crippen LogP contribution >= 0.6 is 11.8 Å². The first-order valence-electron chi connectivity index (χ1n) is 12.7. The van der Waals surface area contributed by atoms with Crippen molar-refractivity contribution in [2.45, 2.75) is 64.7 Å². The number of benzene rings is 2. The molecular formula is C29H35FN4O2S. The summed E-state index contributed by atoms with van der Waals surface area (Å²) in [5.74, 6) is 0.0439. The third-order valence-electron chi connectivity index (χ3n) is 6.54. The quantitative estimate of drug-likeness (QED) is 0.451. The van der Waals surface area contributed by atoms with Crippen LogP contribution in [0.4, 0.5) is 10.2 Å². The first kappa shape index (κ1) is 26.9. The number of fused-ring (bicyclic) bond motifs is 1. The van der Waals surface area contributed by atoms with Crippen LogP contribution in [-0.4, -0.2) is 39.9 Å². The number of thioether (sulfide) groups is 1. The molecule has 1 aliphatic heterocycles. The van der Waals surface area contributed by atoms with Gasteiger partial charge in [0, 0.05) is 17.0 Å². The van der Waals surface area contributed by atoms with Gasteiger partial charge < -0.3 is 5.32 Å². The molecule has 4 rings (SSSR count). The molecule has 0 saturated carbocycles. The van der Waals surface area contributed by atoms with E-state index in [0.717, 1.165) is 28.8 Å². The van der Waals surface area contributed by atoms with E-state index in [9.17, 15) is 14.0 Å².